The van der Waals surface area contributed by atoms with E-state index in [1.54, 1.807) is 12.1 Å². The van der Waals surface area contributed by atoms with E-state index in [-0.39, 0.29) is 19.5 Å². The van der Waals surface area contributed by atoms with E-state index in [2.05, 4.69) is 16.0 Å². The maximum absolute atomic E-state index is 12.1. The van der Waals surface area contributed by atoms with E-state index in [9.17, 15) is 19.5 Å². The lowest BCUT2D eigenvalue weighted by molar-refractivity contribution is -0.132. The fourth-order valence-electron chi connectivity index (χ4n) is 2.03. The number of aliphatic hydroxyl groups excluding tert-OH is 1. The number of amides is 3. The minimum absolute atomic E-state index is 0.0491. The monoisotopic (exact) mass is 402 g/mol. The number of aliphatic hydroxyl groups is 1. The van der Waals surface area contributed by atoms with Gasteiger partial charge >= 0.3 is 0 Å². The Kier molecular flexibility index (Phi) is 9.04. The van der Waals surface area contributed by atoms with Crippen LogP contribution in [-0.2, 0) is 20.8 Å². The lowest BCUT2D eigenvalue weighted by Gasteiger charge is -2.21. The highest BCUT2D eigenvalue weighted by molar-refractivity contribution is 6.34. The van der Waals surface area contributed by atoms with Crippen molar-refractivity contribution in [3.05, 3.63) is 33.8 Å². The van der Waals surface area contributed by atoms with Crippen molar-refractivity contribution in [2.75, 3.05) is 13.1 Å². The molecule has 3 amide bonds. The number of carbonyl (C=O) groups is 3. The molecular weight excluding hydrogens is 383 g/mol. The Hall–Kier alpha value is -2.16. The highest BCUT2D eigenvalue weighted by Gasteiger charge is 2.25. The molecule has 0 saturated carbocycles. The van der Waals surface area contributed by atoms with Gasteiger partial charge in [-0.05, 0) is 30.7 Å². The standard InChI is InChI=1S/C16H20Cl2N4O4/c1-9(23)15(16(26)21-8-14(25)20-3-2-19)22-13(24)6-10-4-11(17)7-12(18)5-10/h2,4-5,7,9,15,19,23H,3,6,8H2,1H3,(H,20,25)(H,21,26)(H,22,24)/t9-,15+/m1/s1. The third-order valence-corrected chi connectivity index (χ3v) is 3.63. The van der Waals surface area contributed by atoms with Crippen LogP contribution in [0.2, 0.25) is 10.0 Å². The second-order valence-corrected chi connectivity index (χ2v) is 6.34. The molecule has 0 saturated heterocycles. The van der Waals surface area contributed by atoms with Gasteiger partial charge in [0, 0.05) is 16.3 Å². The lowest BCUT2D eigenvalue weighted by atomic mass is 10.1. The molecule has 1 aromatic rings. The molecule has 0 radical (unpaired) electrons. The van der Waals surface area contributed by atoms with Gasteiger partial charge in [-0.3, -0.25) is 14.4 Å². The second kappa shape index (κ2) is 10.7. The fraction of sp³-hybridized carbons (Fsp3) is 0.375. The zero-order valence-electron chi connectivity index (χ0n) is 14.0. The van der Waals surface area contributed by atoms with Crippen LogP contribution in [0.3, 0.4) is 0 Å². The molecule has 0 aliphatic heterocycles. The predicted octanol–water partition coefficient (Wildman–Crippen LogP) is 0.283. The summed E-state index contributed by atoms with van der Waals surface area (Å²) in [6, 6.07) is 3.43. The molecule has 8 nitrogen and oxygen atoms in total. The van der Waals surface area contributed by atoms with Gasteiger partial charge in [-0.2, -0.15) is 0 Å². The minimum Gasteiger partial charge on any atom is -0.391 e. The molecular formula is C16H20Cl2N4O4. The van der Waals surface area contributed by atoms with Crippen LogP contribution in [0.1, 0.15) is 12.5 Å². The van der Waals surface area contributed by atoms with Crippen LogP contribution < -0.4 is 16.0 Å². The van der Waals surface area contributed by atoms with Crippen molar-refractivity contribution in [3.63, 3.8) is 0 Å². The molecule has 0 aromatic heterocycles. The minimum atomic E-state index is -1.23. The molecule has 10 heteroatoms. The number of nitrogens with one attached hydrogen (secondary N) is 4. The number of hydrogen-bond donors (Lipinski definition) is 5. The van der Waals surface area contributed by atoms with Crippen LogP contribution in [0, 0.1) is 5.41 Å². The summed E-state index contributed by atoms with van der Waals surface area (Å²) in [5.41, 5.74) is 0.552. The molecule has 0 fully saturated rings. The smallest absolute Gasteiger partial charge is 0.245 e. The zero-order chi connectivity index (χ0) is 19.7. The summed E-state index contributed by atoms with van der Waals surface area (Å²) in [5, 5.41) is 24.4. The van der Waals surface area contributed by atoms with Crippen molar-refractivity contribution < 1.29 is 19.5 Å². The van der Waals surface area contributed by atoms with Crippen LogP contribution in [0.15, 0.2) is 18.2 Å². The van der Waals surface area contributed by atoms with Gasteiger partial charge in [-0.15, -0.1) is 0 Å². The second-order valence-electron chi connectivity index (χ2n) is 5.47. The topological polar surface area (TPSA) is 131 Å². The maximum Gasteiger partial charge on any atom is 0.245 e. The molecule has 0 aliphatic carbocycles. The molecule has 1 aromatic carbocycles. The summed E-state index contributed by atoms with van der Waals surface area (Å²) < 4.78 is 0. The Bertz CT molecular complexity index is 662. The van der Waals surface area contributed by atoms with E-state index in [4.69, 9.17) is 28.6 Å². The summed E-state index contributed by atoms with van der Waals surface area (Å²) in [7, 11) is 0. The van der Waals surface area contributed by atoms with Crippen molar-refractivity contribution in [1.29, 1.82) is 5.41 Å². The predicted molar refractivity (Wildman–Crippen MR) is 98.6 cm³/mol. The number of hydrogen-bond acceptors (Lipinski definition) is 5. The van der Waals surface area contributed by atoms with Gasteiger partial charge in [0.05, 0.1) is 25.6 Å². The molecule has 0 spiro atoms. The van der Waals surface area contributed by atoms with Gasteiger partial charge in [0.15, 0.2) is 0 Å². The molecule has 0 unspecified atom stereocenters. The average Bonchev–Trinajstić information content (AvgIpc) is 2.54. The number of rotatable bonds is 9. The van der Waals surface area contributed by atoms with Crippen molar-refractivity contribution in [1.82, 2.24) is 16.0 Å². The SMILES string of the molecule is C[C@@H](O)[C@H](NC(=O)Cc1cc(Cl)cc(Cl)c1)C(=O)NCC(=O)NCC=N. The van der Waals surface area contributed by atoms with Crippen LogP contribution in [-0.4, -0.2) is 54.3 Å². The third-order valence-electron chi connectivity index (χ3n) is 3.19. The Morgan fingerprint density at radius 2 is 1.77 bits per heavy atom. The van der Waals surface area contributed by atoms with Gasteiger partial charge in [0.25, 0.3) is 0 Å². The first-order valence-electron chi connectivity index (χ1n) is 7.68. The van der Waals surface area contributed by atoms with Crippen molar-refractivity contribution >= 4 is 47.1 Å². The van der Waals surface area contributed by atoms with Gasteiger partial charge in [0.1, 0.15) is 6.04 Å². The van der Waals surface area contributed by atoms with E-state index in [0.29, 0.717) is 15.6 Å². The zero-order valence-corrected chi connectivity index (χ0v) is 15.5. The Labute approximate surface area is 160 Å². The first-order chi connectivity index (χ1) is 12.2. The van der Waals surface area contributed by atoms with Crippen molar-refractivity contribution in [3.8, 4) is 0 Å². The van der Waals surface area contributed by atoms with E-state index in [1.807, 2.05) is 0 Å². The average molecular weight is 403 g/mol. The van der Waals surface area contributed by atoms with Crippen LogP contribution in [0.5, 0.6) is 0 Å². The largest absolute Gasteiger partial charge is 0.391 e. The van der Waals surface area contributed by atoms with Crippen LogP contribution in [0.25, 0.3) is 0 Å². The normalized spacial score (nSPS) is 12.6. The van der Waals surface area contributed by atoms with Gasteiger partial charge < -0.3 is 26.5 Å². The molecule has 142 valence electrons. The Balaban J connectivity index is 2.63. The van der Waals surface area contributed by atoms with Gasteiger partial charge in [-0.1, -0.05) is 23.2 Å². The third kappa shape index (κ3) is 7.81. The highest BCUT2D eigenvalue weighted by Crippen LogP contribution is 2.19. The molecule has 0 bridgehead atoms. The summed E-state index contributed by atoms with van der Waals surface area (Å²) in [4.78, 5) is 35.7. The Morgan fingerprint density at radius 3 is 2.31 bits per heavy atom. The molecule has 5 N–H and O–H groups in total. The van der Waals surface area contributed by atoms with E-state index in [1.165, 1.54) is 13.0 Å². The van der Waals surface area contributed by atoms with Crippen molar-refractivity contribution in [2.45, 2.75) is 25.5 Å². The van der Waals surface area contributed by atoms with Crippen LogP contribution >= 0.6 is 23.2 Å². The molecule has 1 rings (SSSR count). The maximum atomic E-state index is 12.1. The molecule has 2 atom stereocenters. The first-order valence-corrected chi connectivity index (χ1v) is 8.44. The van der Waals surface area contributed by atoms with Gasteiger partial charge in [-0.25, -0.2) is 0 Å². The van der Waals surface area contributed by atoms with Crippen molar-refractivity contribution in [2.24, 2.45) is 0 Å². The van der Waals surface area contributed by atoms with Crippen LogP contribution in [0.4, 0.5) is 0 Å². The van der Waals surface area contributed by atoms with E-state index < -0.39 is 29.9 Å². The number of carbonyl (C=O) groups excluding carboxylic acids is 3. The summed E-state index contributed by atoms with van der Waals surface area (Å²) in [6.07, 6.45) is -0.261. The molecule has 26 heavy (non-hydrogen) atoms. The fourth-order valence-corrected chi connectivity index (χ4v) is 2.60. The van der Waals surface area contributed by atoms with Gasteiger partial charge in [0.2, 0.25) is 17.7 Å². The van der Waals surface area contributed by atoms with E-state index >= 15 is 0 Å². The highest BCUT2D eigenvalue weighted by atomic mass is 35.5. The lowest BCUT2D eigenvalue weighted by Crippen LogP contribution is -2.54. The summed E-state index contributed by atoms with van der Waals surface area (Å²) >= 11 is 11.8. The first kappa shape index (κ1) is 21.9. The molecule has 0 heterocycles. The molecule has 0 aliphatic rings. The quantitative estimate of drug-likeness (QED) is 0.379. The summed E-state index contributed by atoms with van der Waals surface area (Å²) in [5.74, 6) is -1.72. The Morgan fingerprint density at radius 1 is 1.15 bits per heavy atom. The number of benzene rings is 1. The number of halogens is 2. The summed E-state index contributed by atoms with van der Waals surface area (Å²) in [6.45, 7) is 1.05. The van der Waals surface area contributed by atoms with E-state index in [0.717, 1.165) is 6.21 Å².